The standard InChI is InChI=1S/C25H33NO3/c1-3-14-11-15-12-16(26-28)5-6-17(15)18-7-9-24(4-2)23(22(14)18)19-13-20(19)25(24)10-8-21(27)29-25/h3,12,14,16-20,22-23H,1,4-11,13H2,2H3/t14?,16?,17-,18?,19?,20?,22?,23?,24-,25-/m0/s1. The van der Waals surface area contributed by atoms with E-state index in [1.54, 1.807) is 0 Å². The fraction of sp³-hybridized carbons (Fsp3) is 0.800. The van der Waals surface area contributed by atoms with Crippen molar-refractivity contribution in [3.8, 4) is 0 Å². The van der Waals surface area contributed by atoms with E-state index in [0.29, 0.717) is 41.9 Å². The second-order valence-corrected chi connectivity index (χ2v) is 10.9. The lowest BCUT2D eigenvalue weighted by molar-refractivity contribution is -0.181. The predicted molar refractivity (Wildman–Crippen MR) is 111 cm³/mol. The molecule has 6 rings (SSSR count). The fourth-order valence-electron chi connectivity index (χ4n) is 9.52. The van der Waals surface area contributed by atoms with Gasteiger partial charge in [0, 0.05) is 17.8 Å². The van der Waals surface area contributed by atoms with E-state index in [2.05, 4.69) is 30.8 Å². The molecule has 1 heterocycles. The van der Waals surface area contributed by atoms with Crippen molar-refractivity contribution in [2.45, 2.75) is 76.4 Å². The number of carbonyl (C=O) groups is 1. The lowest BCUT2D eigenvalue weighted by Gasteiger charge is -2.60. The van der Waals surface area contributed by atoms with Crippen LogP contribution in [0.5, 0.6) is 0 Å². The van der Waals surface area contributed by atoms with Crippen LogP contribution in [0.25, 0.3) is 0 Å². The Bertz CT molecular complexity index is 804. The highest BCUT2D eigenvalue weighted by atomic mass is 16.6. The first-order valence-electron chi connectivity index (χ1n) is 12.0. The van der Waals surface area contributed by atoms with Crippen LogP contribution in [0.3, 0.4) is 0 Å². The maximum Gasteiger partial charge on any atom is 0.306 e. The van der Waals surface area contributed by atoms with Gasteiger partial charge in [0.2, 0.25) is 0 Å². The molecule has 10 atom stereocenters. The van der Waals surface area contributed by atoms with Crippen LogP contribution in [0.15, 0.2) is 29.5 Å². The highest BCUT2D eigenvalue weighted by Crippen LogP contribution is 2.79. The van der Waals surface area contributed by atoms with Gasteiger partial charge in [-0.05, 0) is 86.9 Å². The van der Waals surface area contributed by atoms with Gasteiger partial charge >= 0.3 is 5.97 Å². The number of nitroso groups, excluding NO2 is 1. The van der Waals surface area contributed by atoms with Gasteiger partial charge in [-0.2, -0.15) is 4.91 Å². The van der Waals surface area contributed by atoms with Crippen molar-refractivity contribution in [1.82, 2.24) is 0 Å². The van der Waals surface area contributed by atoms with Crippen molar-refractivity contribution in [2.75, 3.05) is 0 Å². The summed E-state index contributed by atoms with van der Waals surface area (Å²) in [5.74, 6) is 4.54. The summed E-state index contributed by atoms with van der Waals surface area (Å²) in [7, 11) is 0. The summed E-state index contributed by atoms with van der Waals surface area (Å²) in [4.78, 5) is 23.4. The summed E-state index contributed by atoms with van der Waals surface area (Å²) >= 11 is 0. The number of hydrogen-bond donors (Lipinski definition) is 0. The minimum absolute atomic E-state index is 0.0417. The van der Waals surface area contributed by atoms with E-state index in [-0.39, 0.29) is 23.0 Å². The maximum atomic E-state index is 12.3. The maximum absolute atomic E-state index is 12.3. The second kappa shape index (κ2) is 6.04. The summed E-state index contributed by atoms with van der Waals surface area (Å²) in [6.07, 6.45) is 13.9. The van der Waals surface area contributed by atoms with Crippen LogP contribution in [0, 0.1) is 51.7 Å². The molecule has 0 radical (unpaired) electrons. The molecule has 4 heteroatoms. The molecule has 29 heavy (non-hydrogen) atoms. The molecule has 0 N–H and O–H groups in total. The molecule has 1 spiro atoms. The van der Waals surface area contributed by atoms with Gasteiger partial charge in [-0.3, -0.25) is 4.79 Å². The number of nitrogens with zero attached hydrogens (tertiary/aromatic N) is 1. The Balaban J connectivity index is 1.42. The molecule has 0 aromatic heterocycles. The highest BCUT2D eigenvalue weighted by molar-refractivity contribution is 5.73. The molecule has 5 fully saturated rings. The van der Waals surface area contributed by atoms with Gasteiger partial charge < -0.3 is 4.74 Å². The lowest BCUT2D eigenvalue weighted by Crippen LogP contribution is -2.57. The van der Waals surface area contributed by atoms with E-state index in [4.69, 9.17) is 4.74 Å². The summed E-state index contributed by atoms with van der Waals surface area (Å²) in [6.45, 7) is 6.61. The molecular formula is C25H33NO3. The third-order valence-electron chi connectivity index (χ3n) is 10.4. The molecule has 6 aliphatic rings. The number of fused-ring (bicyclic) bond motifs is 9. The second-order valence-electron chi connectivity index (χ2n) is 10.9. The number of carbonyl (C=O) groups excluding carboxylic acids is 1. The SMILES string of the molecule is C=CC1CC2=CC(N=O)CC[C@@H]2C2CC[C@@]3(CC)C(C4CC4[C@@]34CCC(=O)O4)C12. The Kier molecular flexibility index (Phi) is 3.82. The van der Waals surface area contributed by atoms with Crippen LogP contribution in [-0.2, 0) is 9.53 Å². The Hall–Kier alpha value is -1.45. The summed E-state index contributed by atoms with van der Waals surface area (Å²) < 4.78 is 6.29. The van der Waals surface area contributed by atoms with E-state index in [9.17, 15) is 9.70 Å². The normalized spacial score (nSPS) is 54.5. The van der Waals surface area contributed by atoms with E-state index in [0.717, 1.165) is 38.0 Å². The quantitative estimate of drug-likeness (QED) is 0.364. The van der Waals surface area contributed by atoms with Crippen LogP contribution in [0.1, 0.15) is 64.7 Å². The average molecular weight is 396 g/mol. The molecule has 1 aliphatic heterocycles. The minimum atomic E-state index is -0.167. The zero-order chi connectivity index (χ0) is 20.0. The Morgan fingerprint density at radius 1 is 1.28 bits per heavy atom. The number of ether oxygens (including phenoxy) is 1. The molecule has 156 valence electrons. The van der Waals surface area contributed by atoms with Crippen molar-refractivity contribution in [1.29, 1.82) is 0 Å². The van der Waals surface area contributed by atoms with Gasteiger partial charge in [-0.1, -0.05) is 29.8 Å². The molecule has 4 saturated carbocycles. The zero-order valence-electron chi connectivity index (χ0n) is 17.5. The third-order valence-corrected chi connectivity index (χ3v) is 10.4. The summed E-state index contributed by atoms with van der Waals surface area (Å²) in [5, 5.41) is 3.34. The zero-order valence-corrected chi connectivity index (χ0v) is 17.5. The summed E-state index contributed by atoms with van der Waals surface area (Å²) in [6, 6.07) is -0.123. The summed E-state index contributed by atoms with van der Waals surface area (Å²) in [5.41, 5.74) is 1.50. The van der Waals surface area contributed by atoms with Gasteiger partial charge in [0.25, 0.3) is 0 Å². The van der Waals surface area contributed by atoms with Crippen LogP contribution < -0.4 is 0 Å². The van der Waals surface area contributed by atoms with E-state index in [1.165, 1.54) is 24.8 Å². The first-order valence-corrected chi connectivity index (χ1v) is 12.0. The molecule has 0 bridgehead atoms. The first-order chi connectivity index (χ1) is 14.1. The van der Waals surface area contributed by atoms with E-state index < -0.39 is 0 Å². The van der Waals surface area contributed by atoms with Crippen LogP contribution >= 0.6 is 0 Å². The topological polar surface area (TPSA) is 55.7 Å². The van der Waals surface area contributed by atoms with E-state index >= 15 is 0 Å². The van der Waals surface area contributed by atoms with Crippen LogP contribution in [-0.4, -0.2) is 17.6 Å². The molecular weight excluding hydrogens is 362 g/mol. The van der Waals surface area contributed by atoms with Gasteiger partial charge in [0.05, 0.1) is 0 Å². The van der Waals surface area contributed by atoms with Crippen molar-refractivity contribution in [3.63, 3.8) is 0 Å². The van der Waals surface area contributed by atoms with Crippen molar-refractivity contribution in [3.05, 3.63) is 29.2 Å². The van der Waals surface area contributed by atoms with Crippen LogP contribution in [0.2, 0.25) is 0 Å². The number of allylic oxidation sites excluding steroid dienone is 2. The third kappa shape index (κ3) is 2.14. The molecule has 0 aromatic carbocycles. The van der Waals surface area contributed by atoms with Gasteiger partial charge in [0.15, 0.2) is 0 Å². The largest absolute Gasteiger partial charge is 0.458 e. The molecule has 0 aromatic rings. The molecule has 4 nitrogen and oxygen atoms in total. The van der Waals surface area contributed by atoms with Crippen molar-refractivity contribution < 1.29 is 9.53 Å². The number of rotatable bonds is 3. The van der Waals surface area contributed by atoms with Crippen molar-refractivity contribution >= 4 is 5.97 Å². The smallest absolute Gasteiger partial charge is 0.306 e. The molecule has 7 unspecified atom stereocenters. The van der Waals surface area contributed by atoms with Gasteiger partial charge in [-0.25, -0.2) is 0 Å². The molecule has 5 aliphatic carbocycles. The predicted octanol–water partition coefficient (Wildman–Crippen LogP) is 5.43. The molecule has 1 saturated heterocycles. The van der Waals surface area contributed by atoms with Crippen molar-refractivity contribution in [2.24, 2.45) is 52.0 Å². The minimum Gasteiger partial charge on any atom is -0.458 e. The monoisotopic (exact) mass is 395 g/mol. The average Bonchev–Trinajstić information content (AvgIpc) is 3.40. The number of esters is 1. The molecule has 0 amide bonds. The highest BCUT2D eigenvalue weighted by Gasteiger charge is 2.79. The van der Waals surface area contributed by atoms with E-state index in [1.807, 2.05) is 0 Å². The lowest BCUT2D eigenvalue weighted by atomic mass is 9.45. The van der Waals surface area contributed by atoms with Crippen LogP contribution in [0.4, 0.5) is 0 Å². The Morgan fingerprint density at radius 3 is 2.83 bits per heavy atom. The fourth-order valence-corrected chi connectivity index (χ4v) is 9.52. The first kappa shape index (κ1) is 18.3. The number of hydrogen-bond acceptors (Lipinski definition) is 4. The Labute approximate surface area is 173 Å². The van der Waals surface area contributed by atoms with Gasteiger partial charge in [0.1, 0.15) is 11.6 Å². The Morgan fingerprint density at radius 2 is 2.14 bits per heavy atom. The van der Waals surface area contributed by atoms with Gasteiger partial charge in [-0.15, -0.1) is 6.58 Å².